The molecule has 21 heavy (non-hydrogen) atoms. The minimum absolute atomic E-state index is 0.00126. The second-order valence-corrected chi connectivity index (χ2v) is 6.77. The normalized spacial score (nSPS) is 13.3. The maximum absolute atomic E-state index is 12.3. The Bertz CT molecular complexity index is 466. The van der Waals surface area contributed by atoms with Crippen LogP contribution in [-0.2, 0) is 6.54 Å². The van der Waals surface area contributed by atoms with Crippen molar-refractivity contribution in [2.45, 2.75) is 40.3 Å². The average molecular weight is 295 g/mol. The minimum atomic E-state index is -0.0802. The van der Waals surface area contributed by atoms with Gasteiger partial charge in [-0.05, 0) is 45.5 Å². The number of carbonyl (C=O) groups excluding carboxylic acids is 1. The van der Waals surface area contributed by atoms with E-state index in [1.165, 1.54) is 0 Å². The van der Waals surface area contributed by atoms with Gasteiger partial charge in [-0.25, -0.2) is 4.79 Å². The lowest BCUT2D eigenvalue weighted by atomic mass is 9.85. The fourth-order valence-electron chi connectivity index (χ4n) is 2.32. The van der Waals surface area contributed by atoms with Crippen LogP contribution in [-0.4, -0.2) is 49.6 Å². The van der Waals surface area contributed by atoms with Gasteiger partial charge in [-0.2, -0.15) is 0 Å². The summed E-state index contributed by atoms with van der Waals surface area (Å²) in [4.78, 5) is 16.0. The highest BCUT2D eigenvalue weighted by Crippen LogP contribution is 2.21. The number of rotatable bonds is 6. The Kier molecular flexibility index (Phi) is 5.84. The molecular formula is C16H29N3O2. The molecule has 0 radical (unpaired) electrons. The van der Waals surface area contributed by atoms with E-state index in [1.54, 1.807) is 11.9 Å². The molecule has 0 saturated carbocycles. The van der Waals surface area contributed by atoms with Crippen LogP contribution >= 0.6 is 0 Å². The maximum atomic E-state index is 12.3. The van der Waals surface area contributed by atoms with Gasteiger partial charge >= 0.3 is 6.03 Å². The summed E-state index contributed by atoms with van der Waals surface area (Å²) in [5.41, 5.74) is 0.00126. The van der Waals surface area contributed by atoms with Crippen molar-refractivity contribution in [3.8, 4) is 0 Å². The predicted octanol–water partition coefficient (Wildman–Crippen LogP) is 2.71. The van der Waals surface area contributed by atoms with Crippen LogP contribution in [0.5, 0.6) is 0 Å². The van der Waals surface area contributed by atoms with E-state index >= 15 is 0 Å². The van der Waals surface area contributed by atoms with Crippen LogP contribution in [0.3, 0.4) is 0 Å². The Morgan fingerprint density at radius 3 is 2.43 bits per heavy atom. The predicted molar refractivity (Wildman–Crippen MR) is 85.2 cm³/mol. The van der Waals surface area contributed by atoms with E-state index < -0.39 is 0 Å². The summed E-state index contributed by atoms with van der Waals surface area (Å²) in [7, 11) is 5.86. The summed E-state index contributed by atoms with van der Waals surface area (Å²) < 4.78 is 5.50. The van der Waals surface area contributed by atoms with E-state index in [-0.39, 0.29) is 17.5 Å². The zero-order valence-corrected chi connectivity index (χ0v) is 14.4. The molecule has 2 amide bonds. The summed E-state index contributed by atoms with van der Waals surface area (Å²) in [6.45, 7) is 9.65. The Hall–Kier alpha value is -1.49. The smallest absolute Gasteiger partial charge is 0.317 e. The molecule has 1 heterocycles. The summed E-state index contributed by atoms with van der Waals surface area (Å²) in [5, 5.41) is 3.07. The van der Waals surface area contributed by atoms with Crippen molar-refractivity contribution in [1.29, 1.82) is 0 Å². The van der Waals surface area contributed by atoms with Crippen LogP contribution in [0.1, 0.15) is 32.3 Å². The van der Waals surface area contributed by atoms with Gasteiger partial charge in [-0.3, -0.25) is 0 Å². The van der Waals surface area contributed by atoms with Gasteiger partial charge in [0.25, 0.3) is 0 Å². The number of aryl methyl sites for hydroxylation is 1. The lowest BCUT2D eigenvalue weighted by Gasteiger charge is -2.35. The third-order valence-corrected chi connectivity index (χ3v) is 3.77. The molecule has 0 fully saturated rings. The summed E-state index contributed by atoms with van der Waals surface area (Å²) >= 11 is 0. The number of hydrogen-bond acceptors (Lipinski definition) is 3. The van der Waals surface area contributed by atoms with Crippen molar-refractivity contribution < 1.29 is 9.21 Å². The standard InChI is InChI=1S/C16H29N3O2/c1-12-8-9-14(21-12)10-19(7)15(20)17-13(2)16(3,4)11-18(5)6/h8-9,13H,10-11H2,1-7H3,(H,17,20)/t13-/m1/s1. The minimum Gasteiger partial charge on any atom is -0.464 e. The first-order chi connectivity index (χ1) is 9.61. The highest BCUT2D eigenvalue weighted by atomic mass is 16.3. The van der Waals surface area contributed by atoms with Gasteiger partial charge in [0.2, 0.25) is 0 Å². The SMILES string of the molecule is Cc1ccc(CN(C)C(=O)N[C@H](C)C(C)(C)CN(C)C)o1. The number of amides is 2. The number of nitrogens with one attached hydrogen (secondary N) is 1. The van der Waals surface area contributed by atoms with Crippen molar-refractivity contribution in [3.05, 3.63) is 23.7 Å². The van der Waals surface area contributed by atoms with Crippen molar-refractivity contribution in [2.24, 2.45) is 5.41 Å². The molecule has 1 aromatic heterocycles. The molecule has 5 heteroatoms. The van der Waals surface area contributed by atoms with Gasteiger partial charge in [0, 0.05) is 19.6 Å². The molecule has 1 N–H and O–H groups in total. The quantitative estimate of drug-likeness (QED) is 0.878. The Labute approximate surface area is 128 Å². The molecule has 0 aromatic carbocycles. The molecular weight excluding hydrogens is 266 g/mol. The summed E-state index contributed by atoms with van der Waals surface area (Å²) in [6, 6.07) is 3.80. The molecule has 1 rings (SSSR count). The number of urea groups is 1. The fourth-order valence-corrected chi connectivity index (χ4v) is 2.32. The molecule has 0 saturated heterocycles. The Morgan fingerprint density at radius 2 is 1.95 bits per heavy atom. The molecule has 0 aliphatic rings. The first kappa shape index (κ1) is 17.6. The largest absolute Gasteiger partial charge is 0.464 e. The van der Waals surface area contributed by atoms with Crippen LogP contribution in [0.15, 0.2) is 16.5 Å². The topological polar surface area (TPSA) is 48.7 Å². The van der Waals surface area contributed by atoms with E-state index in [9.17, 15) is 4.79 Å². The van der Waals surface area contributed by atoms with Gasteiger partial charge in [-0.15, -0.1) is 0 Å². The number of furan rings is 1. The highest BCUT2D eigenvalue weighted by Gasteiger charge is 2.28. The van der Waals surface area contributed by atoms with Crippen molar-refractivity contribution >= 4 is 6.03 Å². The van der Waals surface area contributed by atoms with Crippen LogP contribution in [0, 0.1) is 12.3 Å². The van der Waals surface area contributed by atoms with Crippen molar-refractivity contribution in [1.82, 2.24) is 15.1 Å². The van der Waals surface area contributed by atoms with E-state index in [0.717, 1.165) is 18.1 Å². The molecule has 5 nitrogen and oxygen atoms in total. The first-order valence-electron chi connectivity index (χ1n) is 7.33. The lowest BCUT2D eigenvalue weighted by Crippen LogP contribution is -2.50. The molecule has 0 aliphatic carbocycles. The van der Waals surface area contributed by atoms with Crippen LogP contribution in [0.2, 0.25) is 0 Å². The third-order valence-electron chi connectivity index (χ3n) is 3.77. The van der Waals surface area contributed by atoms with E-state index in [2.05, 4.69) is 24.1 Å². The molecule has 0 bridgehead atoms. The van der Waals surface area contributed by atoms with Crippen LogP contribution < -0.4 is 5.32 Å². The molecule has 1 atom stereocenters. The lowest BCUT2D eigenvalue weighted by molar-refractivity contribution is 0.163. The second-order valence-electron chi connectivity index (χ2n) is 6.77. The van der Waals surface area contributed by atoms with Gasteiger partial charge in [-0.1, -0.05) is 13.8 Å². The third kappa shape index (κ3) is 5.42. The summed E-state index contributed by atoms with van der Waals surface area (Å²) in [5.74, 6) is 1.66. The molecule has 0 unspecified atom stereocenters. The molecule has 0 spiro atoms. The Balaban J connectivity index is 2.55. The second kappa shape index (κ2) is 6.98. The van der Waals surface area contributed by atoms with Gasteiger partial charge in [0.1, 0.15) is 11.5 Å². The van der Waals surface area contributed by atoms with Gasteiger partial charge in [0.05, 0.1) is 6.54 Å². The monoisotopic (exact) mass is 295 g/mol. The first-order valence-corrected chi connectivity index (χ1v) is 7.33. The zero-order chi connectivity index (χ0) is 16.2. The Morgan fingerprint density at radius 1 is 1.33 bits per heavy atom. The van der Waals surface area contributed by atoms with Crippen molar-refractivity contribution in [2.75, 3.05) is 27.7 Å². The average Bonchev–Trinajstić information content (AvgIpc) is 2.72. The van der Waals surface area contributed by atoms with E-state index in [1.807, 2.05) is 40.1 Å². The molecule has 1 aromatic rings. The van der Waals surface area contributed by atoms with Crippen LogP contribution in [0.25, 0.3) is 0 Å². The highest BCUT2D eigenvalue weighted by molar-refractivity contribution is 5.74. The number of carbonyl (C=O) groups is 1. The van der Waals surface area contributed by atoms with E-state index in [0.29, 0.717) is 6.54 Å². The molecule has 0 aliphatic heterocycles. The van der Waals surface area contributed by atoms with Gasteiger partial charge in [0.15, 0.2) is 0 Å². The fraction of sp³-hybridized carbons (Fsp3) is 0.688. The maximum Gasteiger partial charge on any atom is 0.317 e. The summed E-state index contributed by atoms with van der Waals surface area (Å²) in [6.07, 6.45) is 0. The van der Waals surface area contributed by atoms with Crippen LogP contribution in [0.4, 0.5) is 4.79 Å². The zero-order valence-electron chi connectivity index (χ0n) is 14.4. The molecule has 120 valence electrons. The number of hydrogen-bond donors (Lipinski definition) is 1. The number of nitrogens with zero attached hydrogens (tertiary/aromatic N) is 2. The van der Waals surface area contributed by atoms with E-state index in [4.69, 9.17) is 4.42 Å². The van der Waals surface area contributed by atoms with Gasteiger partial charge < -0.3 is 19.5 Å². The van der Waals surface area contributed by atoms with Crippen molar-refractivity contribution in [3.63, 3.8) is 0 Å².